The van der Waals surface area contributed by atoms with E-state index in [1.54, 1.807) is 0 Å². The van der Waals surface area contributed by atoms with Crippen LogP contribution in [0.25, 0.3) is 0 Å². The van der Waals surface area contributed by atoms with Crippen molar-refractivity contribution in [2.45, 2.75) is 26.4 Å². The fraction of sp³-hybridized carbons (Fsp3) is 0.333. The molecule has 0 fully saturated rings. The average Bonchev–Trinajstić information content (AvgIpc) is 2.47. The van der Waals surface area contributed by atoms with Gasteiger partial charge in [0.15, 0.2) is 0 Å². The van der Waals surface area contributed by atoms with Crippen LogP contribution in [-0.4, -0.2) is 18.7 Å². The lowest BCUT2D eigenvalue weighted by molar-refractivity contribution is 0.169. The number of para-hydroxylation sites is 1. The zero-order chi connectivity index (χ0) is 14.5. The van der Waals surface area contributed by atoms with E-state index in [1.807, 2.05) is 18.2 Å². The Morgan fingerprint density at radius 3 is 2.45 bits per heavy atom. The minimum absolute atomic E-state index is 0.402. The van der Waals surface area contributed by atoms with Gasteiger partial charge in [0.25, 0.3) is 0 Å². The lowest BCUT2D eigenvalue weighted by Crippen LogP contribution is -2.20. The molecule has 0 aromatic heterocycles. The summed E-state index contributed by atoms with van der Waals surface area (Å²) in [7, 11) is 2.06. The number of rotatable bonds is 5. The van der Waals surface area contributed by atoms with Crippen LogP contribution in [0.15, 0.2) is 48.5 Å². The second-order valence-corrected chi connectivity index (χ2v) is 5.42. The molecule has 0 heterocycles. The molecule has 0 aliphatic rings. The molecule has 20 heavy (non-hydrogen) atoms. The lowest BCUT2D eigenvalue weighted by Gasteiger charge is -2.22. The Morgan fingerprint density at radius 1 is 1.05 bits per heavy atom. The molecular weight excluding hydrogens is 246 g/mol. The zero-order valence-corrected chi connectivity index (χ0v) is 12.5. The molecule has 0 aliphatic heterocycles. The van der Waals surface area contributed by atoms with Gasteiger partial charge in [-0.2, -0.15) is 0 Å². The molecular formula is C18H23NO. The third-order valence-electron chi connectivity index (χ3n) is 3.73. The molecule has 0 radical (unpaired) electrons. The molecule has 1 atom stereocenters. The van der Waals surface area contributed by atoms with Gasteiger partial charge in [-0.1, -0.05) is 42.0 Å². The van der Waals surface area contributed by atoms with Gasteiger partial charge in [0.1, 0.15) is 0 Å². The van der Waals surface area contributed by atoms with Crippen LogP contribution < -0.4 is 4.90 Å². The number of aryl methyl sites for hydroxylation is 2. The zero-order valence-electron chi connectivity index (χ0n) is 12.5. The smallest absolute Gasteiger partial charge is 0.0809 e. The molecule has 0 bridgehead atoms. The summed E-state index contributed by atoms with van der Waals surface area (Å²) in [6.07, 6.45) is 0.330. The Balaban J connectivity index is 1.98. The van der Waals surface area contributed by atoms with E-state index in [2.05, 4.69) is 56.1 Å². The highest BCUT2D eigenvalue weighted by Crippen LogP contribution is 2.23. The molecule has 2 heteroatoms. The molecule has 2 aromatic carbocycles. The third-order valence-corrected chi connectivity index (χ3v) is 3.73. The second-order valence-electron chi connectivity index (χ2n) is 5.42. The van der Waals surface area contributed by atoms with Gasteiger partial charge in [-0.25, -0.2) is 0 Å². The first-order valence-corrected chi connectivity index (χ1v) is 7.09. The molecule has 2 nitrogen and oxygen atoms in total. The quantitative estimate of drug-likeness (QED) is 0.891. The Bertz CT molecular complexity index is 551. The summed E-state index contributed by atoms with van der Waals surface area (Å²) >= 11 is 0. The Morgan fingerprint density at radius 2 is 1.75 bits per heavy atom. The predicted molar refractivity (Wildman–Crippen MR) is 85.2 cm³/mol. The van der Waals surface area contributed by atoms with Gasteiger partial charge >= 0.3 is 0 Å². The molecule has 1 N–H and O–H groups in total. The molecule has 0 saturated carbocycles. The van der Waals surface area contributed by atoms with Crippen molar-refractivity contribution in [1.29, 1.82) is 0 Å². The standard InChI is InChI=1S/C18H23NO/c1-14-9-10-15(2)17(13-14)18(20)11-12-19(3)16-7-5-4-6-8-16/h4-10,13,18,20H,11-12H2,1-3H3. The van der Waals surface area contributed by atoms with Crippen LogP contribution in [0.5, 0.6) is 0 Å². The predicted octanol–water partition coefficient (Wildman–Crippen LogP) is 3.86. The first-order valence-electron chi connectivity index (χ1n) is 7.09. The summed E-state index contributed by atoms with van der Waals surface area (Å²) in [6.45, 7) is 4.95. The molecule has 1 unspecified atom stereocenters. The van der Waals surface area contributed by atoms with Gasteiger partial charge in [-0.3, -0.25) is 0 Å². The van der Waals surface area contributed by atoms with E-state index in [0.717, 1.165) is 24.1 Å². The lowest BCUT2D eigenvalue weighted by atomic mass is 9.99. The van der Waals surface area contributed by atoms with E-state index in [4.69, 9.17) is 0 Å². The van der Waals surface area contributed by atoms with Crippen molar-refractivity contribution >= 4 is 5.69 Å². The van der Waals surface area contributed by atoms with Gasteiger partial charge in [-0.05, 0) is 43.5 Å². The van der Waals surface area contributed by atoms with Crippen LogP contribution in [0, 0.1) is 13.8 Å². The highest BCUT2D eigenvalue weighted by Gasteiger charge is 2.12. The first-order chi connectivity index (χ1) is 9.58. The van der Waals surface area contributed by atoms with Crippen LogP contribution in [0.2, 0.25) is 0 Å². The van der Waals surface area contributed by atoms with E-state index < -0.39 is 6.10 Å². The van der Waals surface area contributed by atoms with Crippen molar-refractivity contribution in [1.82, 2.24) is 0 Å². The van der Waals surface area contributed by atoms with Gasteiger partial charge in [0, 0.05) is 19.3 Å². The van der Waals surface area contributed by atoms with Gasteiger partial charge in [0.05, 0.1) is 6.10 Å². The highest BCUT2D eigenvalue weighted by molar-refractivity contribution is 5.45. The van der Waals surface area contributed by atoms with Crippen molar-refractivity contribution in [2.75, 3.05) is 18.5 Å². The van der Waals surface area contributed by atoms with Crippen LogP contribution in [0.3, 0.4) is 0 Å². The van der Waals surface area contributed by atoms with Gasteiger partial charge < -0.3 is 10.0 Å². The molecule has 2 rings (SSSR count). The molecule has 0 aliphatic carbocycles. The number of benzene rings is 2. The summed E-state index contributed by atoms with van der Waals surface area (Å²) in [5.74, 6) is 0. The van der Waals surface area contributed by atoms with E-state index in [-0.39, 0.29) is 0 Å². The molecule has 2 aromatic rings. The van der Waals surface area contributed by atoms with Crippen LogP contribution in [0.1, 0.15) is 29.2 Å². The largest absolute Gasteiger partial charge is 0.388 e. The van der Waals surface area contributed by atoms with E-state index in [1.165, 1.54) is 11.3 Å². The van der Waals surface area contributed by atoms with Crippen molar-refractivity contribution < 1.29 is 5.11 Å². The van der Waals surface area contributed by atoms with E-state index in [0.29, 0.717) is 0 Å². The number of aliphatic hydroxyl groups excluding tert-OH is 1. The third kappa shape index (κ3) is 3.61. The number of anilines is 1. The molecule has 0 amide bonds. The minimum atomic E-state index is -0.402. The molecule has 106 valence electrons. The average molecular weight is 269 g/mol. The number of nitrogens with zero attached hydrogens (tertiary/aromatic N) is 1. The maximum atomic E-state index is 10.4. The van der Waals surface area contributed by atoms with E-state index in [9.17, 15) is 5.11 Å². The Labute approximate surface area is 121 Å². The van der Waals surface area contributed by atoms with Crippen molar-refractivity contribution in [3.63, 3.8) is 0 Å². The fourth-order valence-corrected chi connectivity index (χ4v) is 2.40. The number of hydrogen-bond donors (Lipinski definition) is 1. The maximum absolute atomic E-state index is 10.4. The highest BCUT2D eigenvalue weighted by atomic mass is 16.3. The SMILES string of the molecule is Cc1ccc(C)c(C(O)CCN(C)c2ccccc2)c1. The first kappa shape index (κ1) is 14.6. The minimum Gasteiger partial charge on any atom is -0.388 e. The van der Waals surface area contributed by atoms with Gasteiger partial charge in [0.2, 0.25) is 0 Å². The Kier molecular flexibility index (Phi) is 4.80. The summed E-state index contributed by atoms with van der Waals surface area (Å²) in [5, 5.41) is 10.4. The van der Waals surface area contributed by atoms with Crippen LogP contribution in [0.4, 0.5) is 5.69 Å². The van der Waals surface area contributed by atoms with Crippen molar-refractivity contribution in [3.05, 3.63) is 65.2 Å². The summed E-state index contributed by atoms with van der Waals surface area (Å²) in [4.78, 5) is 2.17. The summed E-state index contributed by atoms with van der Waals surface area (Å²) in [6, 6.07) is 16.5. The summed E-state index contributed by atoms with van der Waals surface area (Å²) < 4.78 is 0. The monoisotopic (exact) mass is 269 g/mol. The maximum Gasteiger partial charge on any atom is 0.0809 e. The summed E-state index contributed by atoms with van der Waals surface area (Å²) in [5.41, 5.74) is 4.58. The normalized spacial score (nSPS) is 12.2. The molecule has 0 spiro atoms. The molecule has 0 saturated heterocycles. The van der Waals surface area contributed by atoms with Gasteiger partial charge in [-0.15, -0.1) is 0 Å². The van der Waals surface area contributed by atoms with Crippen LogP contribution >= 0.6 is 0 Å². The second kappa shape index (κ2) is 6.58. The fourth-order valence-electron chi connectivity index (χ4n) is 2.40. The van der Waals surface area contributed by atoms with Crippen molar-refractivity contribution in [3.8, 4) is 0 Å². The van der Waals surface area contributed by atoms with Crippen molar-refractivity contribution in [2.24, 2.45) is 0 Å². The Hall–Kier alpha value is -1.80. The van der Waals surface area contributed by atoms with E-state index >= 15 is 0 Å². The number of aliphatic hydroxyl groups is 1. The number of hydrogen-bond acceptors (Lipinski definition) is 2. The van der Waals surface area contributed by atoms with Crippen LogP contribution in [-0.2, 0) is 0 Å². The topological polar surface area (TPSA) is 23.5 Å².